The maximum Gasteiger partial charge on any atom is 0.0989 e. The molecule has 3 rings (SSSR count). The van der Waals surface area contributed by atoms with Crippen LogP contribution in [0.1, 0.15) is 44.9 Å². The molecule has 78 valence electrons. The van der Waals surface area contributed by atoms with Crippen LogP contribution in [0.2, 0.25) is 0 Å². The molecule has 3 fully saturated rings. The molecule has 0 aromatic carbocycles. The van der Waals surface area contributed by atoms with Gasteiger partial charge in [0, 0.05) is 19.0 Å². The SMILES string of the molecule is N=C(C1CCCC1)N1CCC2(CC2)C1. The molecule has 2 saturated carbocycles. The van der Waals surface area contributed by atoms with Gasteiger partial charge in [-0.1, -0.05) is 12.8 Å². The van der Waals surface area contributed by atoms with Gasteiger partial charge in [0.1, 0.15) is 0 Å². The molecule has 1 saturated heterocycles. The number of rotatable bonds is 1. The van der Waals surface area contributed by atoms with Crippen LogP contribution in [0.15, 0.2) is 0 Å². The smallest absolute Gasteiger partial charge is 0.0989 e. The van der Waals surface area contributed by atoms with Crippen LogP contribution in [-0.4, -0.2) is 23.8 Å². The number of nitrogens with zero attached hydrogens (tertiary/aromatic N) is 1. The minimum atomic E-state index is 0.615. The Bertz CT molecular complexity index is 249. The second-order valence-electron chi connectivity index (χ2n) is 5.54. The van der Waals surface area contributed by atoms with E-state index in [-0.39, 0.29) is 0 Å². The van der Waals surface area contributed by atoms with Crippen LogP contribution >= 0.6 is 0 Å². The van der Waals surface area contributed by atoms with Gasteiger partial charge in [0.05, 0.1) is 5.84 Å². The molecule has 0 aromatic heterocycles. The Morgan fingerprint density at radius 3 is 2.43 bits per heavy atom. The summed E-state index contributed by atoms with van der Waals surface area (Å²) in [5, 5.41) is 8.21. The van der Waals surface area contributed by atoms with Crippen molar-refractivity contribution in [1.29, 1.82) is 5.41 Å². The van der Waals surface area contributed by atoms with E-state index >= 15 is 0 Å². The van der Waals surface area contributed by atoms with E-state index in [1.165, 1.54) is 58.0 Å². The van der Waals surface area contributed by atoms with Gasteiger partial charge in [0.2, 0.25) is 0 Å². The van der Waals surface area contributed by atoms with Crippen molar-refractivity contribution in [3.8, 4) is 0 Å². The largest absolute Gasteiger partial charge is 0.360 e. The third-order valence-corrected chi connectivity index (χ3v) is 4.48. The summed E-state index contributed by atoms with van der Waals surface area (Å²) in [5.74, 6) is 1.59. The average Bonchev–Trinajstić information content (AvgIpc) is 2.68. The van der Waals surface area contributed by atoms with Gasteiger partial charge in [0.15, 0.2) is 0 Å². The zero-order valence-electron chi connectivity index (χ0n) is 8.89. The lowest BCUT2D eigenvalue weighted by atomic mass is 10.1. The number of likely N-dealkylation sites (tertiary alicyclic amines) is 1. The number of nitrogens with one attached hydrogen (secondary N) is 1. The second-order valence-corrected chi connectivity index (χ2v) is 5.54. The first-order valence-electron chi connectivity index (χ1n) is 6.13. The highest BCUT2D eigenvalue weighted by atomic mass is 15.2. The molecule has 1 heterocycles. The molecule has 0 radical (unpaired) electrons. The zero-order chi connectivity index (χ0) is 9.60. The van der Waals surface area contributed by atoms with E-state index < -0.39 is 0 Å². The highest BCUT2D eigenvalue weighted by molar-refractivity contribution is 5.82. The lowest BCUT2D eigenvalue weighted by molar-refractivity contribution is 0.437. The van der Waals surface area contributed by atoms with Crippen LogP contribution in [-0.2, 0) is 0 Å². The fraction of sp³-hybridized carbons (Fsp3) is 0.917. The van der Waals surface area contributed by atoms with E-state index in [1.807, 2.05) is 0 Å². The molecular weight excluding hydrogens is 172 g/mol. The fourth-order valence-electron chi connectivity index (χ4n) is 3.18. The monoisotopic (exact) mass is 192 g/mol. The molecule has 2 nitrogen and oxygen atoms in total. The highest BCUT2D eigenvalue weighted by Gasteiger charge is 2.48. The summed E-state index contributed by atoms with van der Waals surface area (Å²) >= 11 is 0. The zero-order valence-corrected chi connectivity index (χ0v) is 8.89. The van der Waals surface area contributed by atoms with Crippen LogP contribution in [0.25, 0.3) is 0 Å². The summed E-state index contributed by atoms with van der Waals surface area (Å²) in [6.07, 6.45) is 9.49. The van der Waals surface area contributed by atoms with Crippen molar-refractivity contribution < 1.29 is 0 Å². The molecule has 1 N–H and O–H groups in total. The highest BCUT2D eigenvalue weighted by Crippen LogP contribution is 2.53. The molecule has 2 aliphatic carbocycles. The molecule has 1 spiro atoms. The number of hydrogen-bond acceptors (Lipinski definition) is 1. The second kappa shape index (κ2) is 2.98. The topological polar surface area (TPSA) is 27.1 Å². The van der Waals surface area contributed by atoms with Crippen molar-refractivity contribution in [3.05, 3.63) is 0 Å². The third-order valence-electron chi connectivity index (χ3n) is 4.48. The van der Waals surface area contributed by atoms with Crippen LogP contribution in [0, 0.1) is 16.7 Å². The Hall–Kier alpha value is -0.530. The van der Waals surface area contributed by atoms with E-state index in [4.69, 9.17) is 5.41 Å². The Kier molecular flexibility index (Phi) is 1.86. The standard InChI is InChI=1S/C12H20N2/c13-11(10-3-1-2-4-10)14-8-7-12(9-14)5-6-12/h10,13H,1-9H2. The average molecular weight is 192 g/mol. The van der Waals surface area contributed by atoms with Crippen molar-refractivity contribution in [1.82, 2.24) is 4.90 Å². The van der Waals surface area contributed by atoms with Gasteiger partial charge in [-0.15, -0.1) is 0 Å². The lowest BCUT2D eigenvalue weighted by Gasteiger charge is -2.23. The summed E-state index contributed by atoms with van der Waals surface area (Å²) in [7, 11) is 0. The Morgan fingerprint density at radius 2 is 1.86 bits per heavy atom. The van der Waals surface area contributed by atoms with Crippen molar-refractivity contribution in [2.24, 2.45) is 11.3 Å². The fourth-order valence-corrected chi connectivity index (χ4v) is 3.18. The van der Waals surface area contributed by atoms with Crippen LogP contribution in [0.4, 0.5) is 0 Å². The van der Waals surface area contributed by atoms with Gasteiger partial charge in [-0.2, -0.15) is 0 Å². The first-order valence-corrected chi connectivity index (χ1v) is 6.13. The van der Waals surface area contributed by atoms with E-state index in [0.29, 0.717) is 11.3 Å². The predicted octanol–water partition coefficient (Wildman–Crippen LogP) is 2.64. The van der Waals surface area contributed by atoms with E-state index in [9.17, 15) is 0 Å². The molecule has 0 bridgehead atoms. The minimum absolute atomic E-state index is 0.615. The summed E-state index contributed by atoms with van der Waals surface area (Å²) < 4.78 is 0. The summed E-state index contributed by atoms with van der Waals surface area (Å²) in [6, 6.07) is 0. The van der Waals surface area contributed by atoms with Crippen molar-refractivity contribution >= 4 is 5.84 Å². The summed E-state index contributed by atoms with van der Waals surface area (Å²) in [5.41, 5.74) is 0.685. The van der Waals surface area contributed by atoms with Crippen molar-refractivity contribution in [3.63, 3.8) is 0 Å². The quantitative estimate of drug-likeness (QED) is 0.502. The van der Waals surface area contributed by atoms with Crippen LogP contribution in [0.5, 0.6) is 0 Å². The summed E-state index contributed by atoms with van der Waals surface area (Å²) in [6.45, 7) is 2.39. The van der Waals surface area contributed by atoms with Crippen LogP contribution < -0.4 is 0 Å². The van der Waals surface area contributed by atoms with Gasteiger partial charge < -0.3 is 4.90 Å². The molecule has 0 aromatic rings. The predicted molar refractivity (Wildman–Crippen MR) is 57.5 cm³/mol. The van der Waals surface area contributed by atoms with E-state index in [2.05, 4.69) is 4.90 Å². The molecule has 0 atom stereocenters. The van der Waals surface area contributed by atoms with Gasteiger partial charge in [-0.05, 0) is 37.5 Å². The molecule has 2 heteroatoms. The first-order chi connectivity index (χ1) is 6.79. The summed E-state index contributed by atoms with van der Waals surface area (Å²) in [4.78, 5) is 2.38. The molecule has 0 amide bonds. The molecule has 1 aliphatic heterocycles. The minimum Gasteiger partial charge on any atom is -0.360 e. The maximum absolute atomic E-state index is 8.21. The number of hydrogen-bond donors (Lipinski definition) is 1. The van der Waals surface area contributed by atoms with Gasteiger partial charge in [-0.25, -0.2) is 0 Å². The van der Waals surface area contributed by atoms with Gasteiger partial charge in [0.25, 0.3) is 0 Å². The molecule has 14 heavy (non-hydrogen) atoms. The van der Waals surface area contributed by atoms with Crippen LogP contribution in [0.3, 0.4) is 0 Å². The molecule has 0 unspecified atom stereocenters. The Balaban J connectivity index is 1.62. The maximum atomic E-state index is 8.21. The van der Waals surface area contributed by atoms with Gasteiger partial charge >= 0.3 is 0 Å². The van der Waals surface area contributed by atoms with Gasteiger partial charge in [-0.3, -0.25) is 5.41 Å². The lowest BCUT2D eigenvalue weighted by Crippen LogP contribution is -2.33. The first kappa shape index (κ1) is 8.75. The third kappa shape index (κ3) is 1.35. The van der Waals surface area contributed by atoms with E-state index in [1.54, 1.807) is 0 Å². The van der Waals surface area contributed by atoms with Crippen molar-refractivity contribution in [2.45, 2.75) is 44.9 Å². The molecular formula is C12H20N2. The van der Waals surface area contributed by atoms with Crippen molar-refractivity contribution in [2.75, 3.05) is 13.1 Å². The number of amidine groups is 1. The van der Waals surface area contributed by atoms with E-state index in [0.717, 1.165) is 5.84 Å². The Morgan fingerprint density at radius 1 is 1.14 bits per heavy atom. The molecule has 3 aliphatic rings. The normalized spacial score (nSPS) is 30.1. The Labute approximate surface area is 86.2 Å².